The molecule has 0 aliphatic carbocycles. The minimum absolute atomic E-state index is 0.174. The van der Waals surface area contributed by atoms with Crippen molar-refractivity contribution < 1.29 is 10.2 Å². The third-order valence-corrected chi connectivity index (χ3v) is 7.47. The maximum atomic E-state index is 10.8. The Labute approximate surface area is 190 Å². The molecule has 0 amide bonds. The molecule has 1 unspecified atom stereocenters. The molecule has 2 heteroatoms. The number of rotatable bonds is 11. The molecule has 0 fully saturated rings. The fourth-order valence-electron chi connectivity index (χ4n) is 5.19. The van der Waals surface area contributed by atoms with E-state index in [-0.39, 0.29) is 5.41 Å². The van der Waals surface area contributed by atoms with Crippen LogP contribution in [0.25, 0.3) is 0 Å². The second kappa shape index (κ2) is 11.1. The van der Waals surface area contributed by atoms with Gasteiger partial charge in [-0.1, -0.05) is 92.0 Å². The van der Waals surface area contributed by atoms with Crippen LogP contribution in [0.5, 0.6) is 11.5 Å². The zero-order valence-electron chi connectivity index (χ0n) is 20.9. The predicted octanol–water partition coefficient (Wildman–Crippen LogP) is 7.87. The van der Waals surface area contributed by atoms with Gasteiger partial charge < -0.3 is 10.2 Å². The molecule has 0 saturated heterocycles. The minimum Gasteiger partial charge on any atom is -0.507 e. The summed E-state index contributed by atoms with van der Waals surface area (Å²) in [5, 5.41) is 21.5. The summed E-state index contributed by atoms with van der Waals surface area (Å²) in [7, 11) is 0. The van der Waals surface area contributed by atoms with Crippen molar-refractivity contribution in [2.75, 3.05) is 0 Å². The highest BCUT2D eigenvalue weighted by Gasteiger charge is 2.38. The van der Waals surface area contributed by atoms with Gasteiger partial charge in [0, 0.05) is 5.41 Å². The van der Waals surface area contributed by atoms with Crippen LogP contribution < -0.4 is 0 Å². The number of unbranched alkanes of at least 4 members (excludes halogenated alkanes) is 1. The molecule has 0 aliphatic heterocycles. The van der Waals surface area contributed by atoms with Crippen LogP contribution in [0.2, 0.25) is 0 Å². The van der Waals surface area contributed by atoms with Gasteiger partial charge >= 0.3 is 0 Å². The van der Waals surface area contributed by atoms with E-state index in [1.54, 1.807) is 0 Å². The molecule has 31 heavy (non-hydrogen) atoms. The van der Waals surface area contributed by atoms with Gasteiger partial charge in [-0.15, -0.1) is 0 Å². The summed E-state index contributed by atoms with van der Waals surface area (Å²) in [4.78, 5) is 0. The Morgan fingerprint density at radius 2 is 1.03 bits per heavy atom. The minimum atomic E-state index is -0.174. The van der Waals surface area contributed by atoms with Crippen LogP contribution in [0.3, 0.4) is 0 Å². The average molecular weight is 425 g/mol. The molecule has 2 rings (SSSR count). The van der Waals surface area contributed by atoms with Crippen molar-refractivity contribution in [1.29, 1.82) is 0 Å². The van der Waals surface area contributed by atoms with E-state index in [4.69, 9.17) is 0 Å². The molecule has 1 atom stereocenters. The Morgan fingerprint density at radius 1 is 0.677 bits per heavy atom. The maximum Gasteiger partial charge on any atom is 0.121 e. The first kappa shape index (κ1) is 25.3. The Kier molecular flexibility index (Phi) is 9.03. The van der Waals surface area contributed by atoms with Gasteiger partial charge in [0.05, 0.1) is 0 Å². The Hall–Kier alpha value is -1.96. The first-order valence-corrected chi connectivity index (χ1v) is 12.5. The molecule has 2 aromatic rings. The van der Waals surface area contributed by atoms with E-state index in [1.165, 1.54) is 30.4 Å². The highest BCUT2D eigenvalue weighted by atomic mass is 16.3. The van der Waals surface area contributed by atoms with Crippen molar-refractivity contribution in [3.63, 3.8) is 0 Å². The molecule has 0 saturated carbocycles. The molecule has 2 nitrogen and oxygen atoms in total. The van der Waals surface area contributed by atoms with Crippen molar-refractivity contribution in [2.24, 2.45) is 5.92 Å². The first-order valence-electron chi connectivity index (χ1n) is 12.5. The molecule has 0 aliphatic rings. The lowest BCUT2D eigenvalue weighted by Crippen LogP contribution is -2.34. The van der Waals surface area contributed by atoms with E-state index in [9.17, 15) is 10.2 Å². The summed E-state index contributed by atoms with van der Waals surface area (Å²) < 4.78 is 0. The fourth-order valence-corrected chi connectivity index (χ4v) is 5.19. The Bertz CT molecular complexity index is 754. The summed E-state index contributed by atoms with van der Waals surface area (Å²) in [6.45, 7) is 15.4. The molecule has 0 heterocycles. The summed E-state index contributed by atoms with van der Waals surface area (Å²) in [5.74, 6) is 1.42. The maximum absolute atomic E-state index is 10.8. The van der Waals surface area contributed by atoms with Gasteiger partial charge in [-0.05, 0) is 71.4 Å². The van der Waals surface area contributed by atoms with Gasteiger partial charge in [0.2, 0.25) is 0 Å². The number of phenols is 2. The van der Waals surface area contributed by atoms with Crippen molar-refractivity contribution in [2.45, 2.75) is 105 Å². The van der Waals surface area contributed by atoms with Crippen LogP contribution in [0.4, 0.5) is 0 Å². The summed E-state index contributed by atoms with van der Waals surface area (Å²) in [5.41, 5.74) is 6.58. The molecule has 0 bridgehead atoms. The molecule has 2 N–H and O–H groups in total. The van der Waals surface area contributed by atoms with E-state index in [0.29, 0.717) is 17.4 Å². The number of hydrogen-bond acceptors (Lipinski definition) is 2. The van der Waals surface area contributed by atoms with Crippen molar-refractivity contribution >= 4 is 0 Å². The quantitative estimate of drug-likeness (QED) is 0.385. The largest absolute Gasteiger partial charge is 0.507 e. The standard InChI is InChI=1S/C29H44O2/c1-8-14-15-24(13-6)29(7,25-16-20(9-2)27(30)21(10-3)17-25)26-18-22(11-4)28(31)23(12-5)19-26/h16-19,24,30-31H,8-15H2,1-7H3. The van der Waals surface area contributed by atoms with Gasteiger partial charge in [-0.25, -0.2) is 0 Å². The Morgan fingerprint density at radius 3 is 1.29 bits per heavy atom. The van der Waals surface area contributed by atoms with E-state index in [0.717, 1.165) is 54.4 Å². The number of benzene rings is 2. The molecule has 2 aromatic carbocycles. The highest BCUT2D eigenvalue weighted by molar-refractivity contribution is 5.53. The monoisotopic (exact) mass is 424 g/mol. The van der Waals surface area contributed by atoms with Crippen molar-refractivity contribution in [3.05, 3.63) is 57.6 Å². The topological polar surface area (TPSA) is 40.5 Å². The van der Waals surface area contributed by atoms with Gasteiger partial charge in [0.15, 0.2) is 0 Å². The number of aryl methyl sites for hydroxylation is 4. The zero-order valence-corrected chi connectivity index (χ0v) is 20.9. The number of phenolic OH excluding ortho intramolecular Hbond substituents is 2. The van der Waals surface area contributed by atoms with Crippen molar-refractivity contribution in [3.8, 4) is 11.5 Å². The smallest absolute Gasteiger partial charge is 0.121 e. The molecule has 0 aromatic heterocycles. The number of hydrogen-bond donors (Lipinski definition) is 2. The highest BCUT2D eigenvalue weighted by Crippen LogP contribution is 2.46. The van der Waals surface area contributed by atoms with E-state index < -0.39 is 0 Å². The van der Waals surface area contributed by atoms with E-state index in [2.05, 4.69) is 72.7 Å². The van der Waals surface area contributed by atoms with Crippen molar-refractivity contribution in [1.82, 2.24) is 0 Å². The summed E-state index contributed by atoms with van der Waals surface area (Å²) in [6, 6.07) is 8.97. The average Bonchev–Trinajstić information content (AvgIpc) is 2.79. The normalized spacial score (nSPS) is 12.9. The lowest BCUT2D eigenvalue weighted by molar-refractivity contribution is 0.304. The van der Waals surface area contributed by atoms with E-state index >= 15 is 0 Å². The second-order valence-electron chi connectivity index (χ2n) is 9.15. The molecule has 172 valence electrons. The summed E-state index contributed by atoms with van der Waals surface area (Å²) >= 11 is 0. The van der Waals surface area contributed by atoms with Crippen LogP contribution in [-0.2, 0) is 31.1 Å². The van der Waals surface area contributed by atoms with Crippen LogP contribution in [0.1, 0.15) is 108 Å². The van der Waals surface area contributed by atoms with Crippen LogP contribution in [0, 0.1) is 5.92 Å². The molecular weight excluding hydrogens is 380 g/mol. The summed E-state index contributed by atoms with van der Waals surface area (Å²) in [6.07, 6.45) is 7.98. The molecule has 0 radical (unpaired) electrons. The number of aromatic hydroxyl groups is 2. The van der Waals surface area contributed by atoms with Crippen LogP contribution >= 0.6 is 0 Å². The zero-order chi connectivity index (χ0) is 23.2. The van der Waals surface area contributed by atoms with Gasteiger partial charge in [0.25, 0.3) is 0 Å². The third kappa shape index (κ3) is 4.94. The third-order valence-electron chi connectivity index (χ3n) is 7.47. The van der Waals surface area contributed by atoms with Gasteiger partial charge in [-0.3, -0.25) is 0 Å². The first-order chi connectivity index (χ1) is 14.8. The van der Waals surface area contributed by atoms with E-state index in [1.807, 2.05) is 0 Å². The molecular formula is C29H44O2. The molecule has 0 spiro atoms. The SMILES string of the molecule is CCCCC(CC)C(C)(c1cc(CC)c(O)c(CC)c1)c1cc(CC)c(O)c(CC)c1. The van der Waals surface area contributed by atoms with Crippen LogP contribution in [-0.4, -0.2) is 10.2 Å². The second-order valence-corrected chi connectivity index (χ2v) is 9.15. The van der Waals surface area contributed by atoms with Gasteiger partial charge in [-0.2, -0.15) is 0 Å². The van der Waals surface area contributed by atoms with Gasteiger partial charge in [0.1, 0.15) is 11.5 Å². The lowest BCUT2D eigenvalue weighted by atomic mass is 9.63. The predicted molar refractivity (Wildman–Crippen MR) is 133 cm³/mol. The lowest BCUT2D eigenvalue weighted by Gasteiger charge is -2.40. The van der Waals surface area contributed by atoms with Crippen LogP contribution in [0.15, 0.2) is 24.3 Å². The fraction of sp³-hybridized carbons (Fsp3) is 0.586. The Balaban J connectivity index is 2.86.